The first-order valence-corrected chi connectivity index (χ1v) is 9.30. The predicted molar refractivity (Wildman–Crippen MR) is 104 cm³/mol. The Labute approximate surface area is 153 Å². The van der Waals surface area contributed by atoms with Gasteiger partial charge in [0.1, 0.15) is 0 Å². The van der Waals surface area contributed by atoms with E-state index in [-0.39, 0.29) is 5.78 Å². The Kier molecular flexibility index (Phi) is 4.16. The third kappa shape index (κ3) is 2.79. The number of hydrogen-bond acceptors (Lipinski definition) is 2. The third-order valence-electron chi connectivity index (χ3n) is 5.48. The first-order chi connectivity index (χ1) is 12.1. The lowest BCUT2D eigenvalue weighted by molar-refractivity contribution is 0.103. The zero-order valence-corrected chi connectivity index (χ0v) is 15.3. The molecule has 3 atom stereocenters. The molecule has 0 unspecified atom stereocenters. The molecule has 0 radical (unpaired) electrons. The number of halogens is 1. The number of allylic oxidation sites excluding steroid dienone is 2. The Hall–Kier alpha value is -2.06. The van der Waals surface area contributed by atoms with Gasteiger partial charge in [-0.15, -0.1) is 0 Å². The van der Waals surface area contributed by atoms with Crippen LogP contribution in [0.15, 0.2) is 54.6 Å². The van der Waals surface area contributed by atoms with Crippen molar-refractivity contribution in [1.82, 2.24) is 0 Å². The Morgan fingerprint density at radius 3 is 2.68 bits per heavy atom. The number of rotatable bonds is 3. The van der Waals surface area contributed by atoms with Crippen LogP contribution < -0.4 is 5.32 Å². The summed E-state index contributed by atoms with van der Waals surface area (Å²) >= 11 is 6.40. The summed E-state index contributed by atoms with van der Waals surface area (Å²) in [7, 11) is 0. The smallest absolute Gasteiger partial charge is 0.195 e. The average molecular weight is 352 g/mol. The molecule has 0 amide bonds. The van der Waals surface area contributed by atoms with Gasteiger partial charge >= 0.3 is 0 Å². The SMILES string of the molecule is CC(C)[C@H]1Nc2c(C(=O)c3ccccc3)cc(Cl)cc2[C@H]2C=CC[C@H]21. The summed E-state index contributed by atoms with van der Waals surface area (Å²) in [5.41, 5.74) is 3.49. The third-order valence-corrected chi connectivity index (χ3v) is 5.70. The highest BCUT2D eigenvalue weighted by molar-refractivity contribution is 6.31. The van der Waals surface area contributed by atoms with E-state index in [0.717, 1.165) is 17.7 Å². The zero-order valence-electron chi connectivity index (χ0n) is 14.5. The van der Waals surface area contributed by atoms with E-state index in [2.05, 4.69) is 31.3 Å². The van der Waals surface area contributed by atoms with Crippen LogP contribution in [0, 0.1) is 11.8 Å². The quantitative estimate of drug-likeness (QED) is 0.569. The lowest BCUT2D eigenvalue weighted by Crippen LogP contribution is -2.40. The van der Waals surface area contributed by atoms with Gasteiger partial charge in [0.15, 0.2) is 5.78 Å². The molecule has 2 nitrogen and oxygen atoms in total. The molecule has 1 aliphatic heterocycles. The van der Waals surface area contributed by atoms with Gasteiger partial charge in [-0.25, -0.2) is 0 Å². The Balaban J connectivity index is 1.86. The first-order valence-electron chi connectivity index (χ1n) is 8.92. The monoisotopic (exact) mass is 351 g/mol. The van der Waals surface area contributed by atoms with Gasteiger partial charge in [-0.05, 0) is 36.0 Å². The summed E-state index contributed by atoms with van der Waals surface area (Å²) in [4.78, 5) is 13.1. The summed E-state index contributed by atoms with van der Waals surface area (Å²) in [5, 5.41) is 4.32. The molecule has 0 saturated carbocycles. The molecule has 3 heteroatoms. The van der Waals surface area contributed by atoms with Crippen molar-refractivity contribution in [3.8, 4) is 0 Å². The standard InChI is InChI=1S/C22H22ClNO/c1-13(2)20-17-10-6-9-16(17)18-11-15(23)12-19(21(18)24-20)22(25)14-7-4-3-5-8-14/h3-9,11-13,16-17,20,24H,10H2,1-2H3/t16-,17+,20+/m0/s1. The molecule has 25 heavy (non-hydrogen) atoms. The molecule has 2 aromatic rings. The van der Waals surface area contributed by atoms with E-state index in [1.807, 2.05) is 36.4 Å². The molecule has 0 aromatic heterocycles. The van der Waals surface area contributed by atoms with Crippen LogP contribution in [0.4, 0.5) is 5.69 Å². The summed E-state index contributed by atoms with van der Waals surface area (Å²) in [6.07, 6.45) is 5.63. The normalized spacial score (nSPS) is 23.9. The maximum absolute atomic E-state index is 13.1. The topological polar surface area (TPSA) is 29.1 Å². The fourth-order valence-corrected chi connectivity index (χ4v) is 4.51. The predicted octanol–water partition coefficient (Wildman–Crippen LogP) is 5.68. The van der Waals surface area contributed by atoms with E-state index in [1.165, 1.54) is 0 Å². The highest BCUT2D eigenvalue weighted by Crippen LogP contribution is 2.48. The van der Waals surface area contributed by atoms with Crippen LogP contribution in [-0.2, 0) is 0 Å². The van der Waals surface area contributed by atoms with Crippen LogP contribution in [-0.4, -0.2) is 11.8 Å². The summed E-state index contributed by atoms with van der Waals surface area (Å²) in [6.45, 7) is 4.49. The highest BCUT2D eigenvalue weighted by Gasteiger charge is 2.40. The molecule has 0 spiro atoms. The molecule has 0 bridgehead atoms. The van der Waals surface area contributed by atoms with Gasteiger partial charge in [-0.3, -0.25) is 4.79 Å². The Morgan fingerprint density at radius 1 is 1.20 bits per heavy atom. The van der Waals surface area contributed by atoms with Crippen LogP contribution in [0.5, 0.6) is 0 Å². The Bertz CT molecular complexity index is 841. The van der Waals surface area contributed by atoms with Crippen molar-refractivity contribution in [2.75, 3.05) is 5.32 Å². The fraction of sp³-hybridized carbons (Fsp3) is 0.318. The van der Waals surface area contributed by atoms with Gasteiger partial charge in [0.05, 0.1) is 0 Å². The van der Waals surface area contributed by atoms with E-state index >= 15 is 0 Å². The molecule has 2 aromatic carbocycles. The second kappa shape index (κ2) is 6.34. The van der Waals surface area contributed by atoms with Crippen molar-refractivity contribution < 1.29 is 4.79 Å². The summed E-state index contributed by atoms with van der Waals surface area (Å²) in [6, 6.07) is 13.6. The number of fused-ring (bicyclic) bond motifs is 3. The molecule has 0 saturated heterocycles. The first kappa shape index (κ1) is 16.4. The van der Waals surface area contributed by atoms with Crippen molar-refractivity contribution in [1.29, 1.82) is 0 Å². The van der Waals surface area contributed by atoms with E-state index in [9.17, 15) is 4.79 Å². The van der Waals surface area contributed by atoms with E-state index in [0.29, 0.717) is 39.9 Å². The second-order valence-electron chi connectivity index (χ2n) is 7.38. The van der Waals surface area contributed by atoms with Crippen molar-refractivity contribution >= 4 is 23.1 Å². The van der Waals surface area contributed by atoms with E-state index in [1.54, 1.807) is 6.07 Å². The number of ketones is 1. The molecule has 0 fully saturated rings. The van der Waals surface area contributed by atoms with Gasteiger partial charge in [0.2, 0.25) is 0 Å². The fourth-order valence-electron chi connectivity index (χ4n) is 4.29. The lowest BCUT2D eigenvalue weighted by Gasteiger charge is -2.40. The van der Waals surface area contributed by atoms with Crippen LogP contribution in [0.3, 0.4) is 0 Å². The molecular weight excluding hydrogens is 330 g/mol. The molecule has 2 aliphatic rings. The number of nitrogens with one attached hydrogen (secondary N) is 1. The molecule has 1 N–H and O–H groups in total. The van der Waals surface area contributed by atoms with Crippen molar-refractivity contribution in [2.24, 2.45) is 11.8 Å². The maximum Gasteiger partial charge on any atom is 0.195 e. The van der Waals surface area contributed by atoms with Crippen molar-refractivity contribution in [3.05, 3.63) is 76.3 Å². The molecular formula is C22H22ClNO. The minimum Gasteiger partial charge on any atom is -0.381 e. The minimum atomic E-state index is 0.0229. The zero-order chi connectivity index (χ0) is 17.6. The number of hydrogen-bond donors (Lipinski definition) is 1. The van der Waals surface area contributed by atoms with Crippen LogP contribution in [0.25, 0.3) is 0 Å². The van der Waals surface area contributed by atoms with Gasteiger partial charge < -0.3 is 5.32 Å². The Morgan fingerprint density at radius 2 is 1.96 bits per heavy atom. The number of carbonyl (C=O) groups is 1. The van der Waals surface area contributed by atoms with E-state index < -0.39 is 0 Å². The average Bonchev–Trinajstić information content (AvgIpc) is 3.10. The number of anilines is 1. The van der Waals surface area contributed by atoms with Crippen molar-refractivity contribution in [2.45, 2.75) is 32.2 Å². The molecule has 4 rings (SSSR count). The van der Waals surface area contributed by atoms with Gasteiger partial charge in [0, 0.05) is 33.8 Å². The maximum atomic E-state index is 13.1. The van der Waals surface area contributed by atoms with Gasteiger partial charge in [0.25, 0.3) is 0 Å². The number of carbonyl (C=O) groups excluding carboxylic acids is 1. The molecule has 1 aliphatic carbocycles. The van der Waals surface area contributed by atoms with Crippen molar-refractivity contribution in [3.63, 3.8) is 0 Å². The van der Waals surface area contributed by atoms with Crippen LogP contribution >= 0.6 is 11.6 Å². The van der Waals surface area contributed by atoms with Crippen LogP contribution in [0.1, 0.15) is 47.7 Å². The second-order valence-corrected chi connectivity index (χ2v) is 7.82. The number of benzene rings is 2. The molecule has 128 valence electrons. The summed E-state index contributed by atoms with van der Waals surface area (Å²) < 4.78 is 0. The molecule has 1 heterocycles. The highest BCUT2D eigenvalue weighted by atomic mass is 35.5. The largest absolute Gasteiger partial charge is 0.381 e. The lowest BCUT2D eigenvalue weighted by atomic mass is 9.74. The van der Waals surface area contributed by atoms with E-state index in [4.69, 9.17) is 11.6 Å². The summed E-state index contributed by atoms with van der Waals surface area (Å²) in [5.74, 6) is 1.39. The van der Waals surface area contributed by atoms with Crippen LogP contribution in [0.2, 0.25) is 5.02 Å². The van der Waals surface area contributed by atoms with Gasteiger partial charge in [-0.1, -0.05) is 67.9 Å². The minimum absolute atomic E-state index is 0.0229. The van der Waals surface area contributed by atoms with Gasteiger partial charge in [-0.2, -0.15) is 0 Å².